The van der Waals surface area contributed by atoms with Gasteiger partial charge in [0, 0.05) is 17.1 Å². The van der Waals surface area contributed by atoms with Crippen LogP contribution >= 0.6 is 0 Å². The van der Waals surface area contributed by atoms with Crippen molar-refractivity contribution in [3.63, 3.8) is 0 Å². The second-order valence-electron chi connectivity index (χ2n) is 6.58. The molecule has 0 bridgehead atoms. The van der Waals surface area contributed by atoms with Crippen LogP contribution in [0, 0.1) is 13.8 Å². The molecule has 1 aromatic carbocycles. The largest absolute Gasteiger partial charge is 0.336 e. The molecule has 3 aromatic rings. The van der Waals surface area contributed by atoms with E-state index < -0.39 is 0 Å². The third-order valence-corrected chi connectivity index (χ3v) is 3.88. The van der Waals surface area contributed by atoms with E-state index in [2.05, 4.69) is 20.8 Å². The fourth-order valence-corrected chi connectivity index (χ4v) is 2.72. The second-order valence-corrected chi connectivity index (χ2v) is 6.58. The van der Waals surface area contributed by atoms with Crippen molar-refractivity contribution in [2.75, 3.05) is 31.3 Å². The minimum absolute atomic E-state index is 0.102. The Balaban J connectivity index is 1.75. The molecule has 8 heteroatoms. The number of pyridine rings is 1. The quantitative estimate of drug-likeness (QED) is 0.719. The molecule has 2 N–H and O–H groups in total. The highest BCUT2D eigenvalue weighted by atomic mass is 16.5. The van der Waals surface area contributed by atoms with E-state index in [4.69, 9.17) is 4.52 Å². The molecule has 0 aliphatic rings. The molecule has 0 radical (unpaired) electrons. The lowest BCUT2D eigenvalue weighted by atomic mass is 10.1. The summed E-state index contributed by atoms with van der Waals surface area (Å²) in [5.41, 5.74) is 3.36. The molecule has 0 aliphatic heterocycles. The van der Waals surface area contributed by atoms with Gasteiger partial charge in [0.15, 0.2) is 0 Å². The van der Waals surface area contributed by atoms with Crippen molar-refractivity contribution in [2.45, 2.75) is 13.8 Å². The lowest BCUT2D eigenvalue weighted by Gasteiger charge is -2.11. The molecule has 0 saturated carbocycles. The van der Waals surface area contributed by atoms with Crippen LogP contribution in [0.2, 0.25) is 0 Å². The van der Waals surface area contributed by atoms with Crippen LogP contribution in [-0.4, -0.2) is 47.5 Å². The number of amides is 2. The van der Waals surface area contributed by atoms with Gasteiger partial charge in [0.05, 0.1) is 23.2 Å². The summed E-state index contributed by atoms with van der Waals surface area (Å²) in [6.07, 6.45) is 0. The van der Waals surface area contributed by atoms with Crippen molar-refractivity contribution >= 4 is 34.3 Å². The van der Waals surface area contributed by atoms with Gasteiger partial charge in [0.25, 0.3) is 11.6 Å². The van der Waals surface area contributed by atoms with Gasteiger partial charge in [0.2, 0.25) is 5.91 Å². The maximum Gasteiger partial charge on any atom is 0.258 e. The first-order valence-corrected chi connectivity index (χ1v) is 8.43. The van der Waals surface area contributed by atoms with Gasteiger partial charge in [-0.1, -0.05) is 5.16 Å². The van der Waals surface area contributed by atoms with Crippen LogP contribution in [0.25, 0.3) is 11.1 Å². The van der Waals surface area contributed by atoms with Crippen LogP contribution in [-0.2, 0) is 4.79 Å². The van der Waals surface area contributed by atoms with Crippen LogP contribution in [0.15, 0.2) is 34.9 Å². The highest BCUT2D eigenvalue weighted by Crippen LogP contribution is 2.23. The van der Waals surface area contributed by atoms with E-state index in [9.17, 15) is 9.59 Å². The Labute approximate surface area is 156 Å². The standard InChI is InChI=1S/C19H21N5O3/c1-11-9-15(17-12(2)23-27-19(17)20-11)18(26)22-14-7-5-13(6-8-14)21-16(25)10-24(3)4/h5-9H,10H2,1-4H3,(H,21,25)(H,22,26). The molecular weight excluding hydrogens is 346 g/mol. The van der Waals surface area contributed by atoms with Crippen molar-refractivity contribution in [3.8, 4) is 0 Å². The van der Waals surface area contributed by atoms with Gasteiger partial charge in [0.1, 0.15) is 0 Å². The van der Waals surface area contributed by atoms with E-state index in [1.54, 1.807) is 49.1 Å². The predicted molar refractivity (Wildman–Crippen MR) is 103 cm³/mol. The van der Waals surface area contributed by atoms with Crippen LogP contribution in [0.4, 0.5) is 11.4 Å². The first-order chi connectivity index (χ1) is 12.8. The molecule has 0 spiro atoms. The SMILES string of the molecule is Cc1cc(C(=O)Nc2ccc(NC(=O)CN(C)C)cc2)c2c(C)noc2n1. The molecule has 3 rings (SSSR count). The minimum atomic E-state index is -0.277. The Morgan fingerprint density at radius 3 is 2.33 bits per heavy atom. The van der Waals surface area contributed by atoms with Gasteiger partial charge < -0.3 is 20.1 Å². The number of benzene rings is 1. The lowest BCUT2D eigenvalue weighted by Crippen LogP contribution is -2.27. The van der Waals surface area contributed by atoms with Crippen molar-refractivity contribution in [1.29, 1.82) is 0 Å². The number of carbonyl (C=O) groups excluding carboxylic acids is 2. The molecule has 0 fully saturated rings. The van der Waals surface area contributed by atoms with E-state index in [1.807, 2.05) is 14.1 Å². The Morgan fingerprint density at radius 1 is 1.07 bits per heavy atom. The zero-order chi connectivity index (χ0) is 19.6. The number of hydrogen-bond donors (Lipinski definition) is 2. The summed E-state index contributed by atoms with van der Waals surface area (Å²) in [5.74, 6) is -0.379. The minimum Gasteiger partial charge on any atom is -0.336 e. The topological polar surface area (TPSA) is 100 Å². The number of likely N-dealkylation sites (N-methyl/N-ethyl adjacent to an activating group) is 1. The molecule has 2 amide bonds. The number of nitrogens with one attached hydrogen (secondary N) is 2. The summed E-state index contributed by atoms with van der Waals surface area (Å²) in [5, 5.41) is 10.1. The van der Waals surface area contributed by atoms with Gasteiger partial charge in [-0.25, -0.2) is 4.98 Å². The van der Waals surface area contributed by atoms with E-state index in [1.165, 1.54) is 0 Å². The Kier molecular flexibility index (Phi) is 5.18. The normalized spacial score (nSPS) is 11.0. The average molecular weight is 367 g/mol. The van der Waals surface area contributed by atoms with E-state index >= 15 is 0 Å². The average Bonchev–Trinajstić information content (AvgIpc) is 2.96. The van der Waals surface area contributed by atoms with Gasteiger partial charge in [-0.2, -0.15) is 0 Å². The number of carbonyl (C=O) groups is 2. The monoisotopic (exact) mass is 367 g/mol. The molecule has 8 nitrogen and oxygen atoms in total. The first-order valence-electron chi connectivity index (χ1n) is 8.43. The molecular formula is C19H21N5O3. The fourth-order valence-electron chi connectivity index (χ4n) is 2.72. The second kappa shape index (κ2) is 7.55. The number of rotatable bonds is 5. The third-order valence-electron chi connectivity index (χ3n) is 3.88. The maximum absolute atomic E-state index is 12.7. The number of fused-ring (bicyclic) bond motifs is 1. The van der Waals surface area contributed by atoms with Crippen molar-refractivity contribution in [3.05, 3.63) is 47.3 Å². The number of aryl methyl sites for hydroxylation is 2. The highest BCUT2D eigenvalue weighted by molar-refractivity contribution is 6.12. The summed E-state index contributed by atoms with van der Waals surface area (Å²) >= 11 is 0. The number of nitrogens with zero attached hydrogens (tertiary/aromatic N) is 3. The fraction of sp³-hybridized carbons (Fsp3) is 0.263. The Bertz CT molecular complexity index is 992. The number of hydrogen-bond acceptors (Lipinski definition) is 6. The molecule has 0 saturated heterocycles. The number of anilines is 2. The van der Waals surface area contributed by atoms with Crippen molar-refractivity contribution in [2.24, 2.45) is 0 Å². The summed E-state index contributed by atoms with van der Waals surface area (Å²) in [6.45, 7) is 3.86. The molecule has 140 valence electrons. The van der Waals surface area contributed by atoms with Gasteiger partial charge in [-0.05, 0) is 58.3 Å². The van der Waals surface area contributed by atoms with E-state index in [-0.39, 0.29) is 11.8 Å². The molecule has 2 aromatic heterocycles. The van der Waals surface area contributed by atoms with Gasteiger partial charge in [-0.3, -0.25) is 9.59 Å². The molecule has 0 atom stereocenters. The van der Waals surface area contributed by atoms with E-state index in [0.717, 1.165) is 0 Å². The Hall–Kier alpha value is -3.26. The predicted octanol–water partition coefficient (Wildman–Crippen LogP) is 2.59. The van der Waals surface area contributed by atoms with Crippen molar-refractivity contribution in [1.82, 2.24) is 15.0 Å². The van der Waals surface area contributed by atoms with Crippen LogP contribution < -0.4 is 10.6 Å². The van der Waals surface area contributed by atoms with Crippen molar-refractivity contribution < 1.29 is 14.1 Å². The van der Waals surface area contributed by atoms with Gasteiger partial charge >= 0.3 is 0 Å². The Morgan fingerprint density at radius 2 is 1.70 bits per heavy atom. The molecule has 27 heavy (non-hydrogen) atoms. The molecule has 0 aliphatic carbocycles. The smallest absolute Gasteiger partial charge is 0.258 e. The van der Waals surface area contributed by atoms with Gasteiger partial charge in [-0.15, -0.1) is 0 Å². The van der Waals surface area contributed by atoms with Crippen LogP contribution in [0.3, 0.4) is 0 Å². The summed E-state index contributed by atoms with van der Waals surface area (Å²) < 4.78 is 5.17. The summed E-state index contributed by atoms with van der Waals surface area (Å²) in [7, 11) is 3.65. The summed E-state index contributed by atoms with van der Waals surface area (Å²) in [4.78, 5) is 30.6. The molecule has 2 heterocycles. The first kappa shape index (κ1) is 18.5. The van der Waals surface area contributed by atoms with Crippen LogP contribution in [0.5, 0.6) is 0 Å². The zero-order valence-corrected chi connectivity index (χ0v) is 15.7. The molecule has 0 unspecified atom stereocenters. The highest BCUT2D eigenvalue weighted by Gasteiger charge is 2.18. The lowest BCUT2D eigenvalue weighted by molar-refractivity contribution is -0.116. The van der Waals surface area contributed by atoms with Crippen LogP contribution in [0.1, 0.15) is 21.7 Å². The summed E-state index contributed by atoms with van der Waals surface area (Å²) in [6, 6.07) is 8.64. The maximum atomic E-state index is 12.7. The number of aromatic nitrogens is 2. The zero-order valence-electron chi connectivity index (χ0n) is 15.7. The van der Waals surface area contributed by atoms with E-state index in [0.29, 0.717) is 46.0 Å². The third kappa shape index (κ3) is 4.29.